The lowest BCUT2D eigenvalue weighted by Gasteiger charge is -2.22. The van der Waals surface area contributed by atoms with Gasteiger partial charge in [-0.05, 0) is 36.6 Å². The Morgan fingerprint density at radius 1 is 1.19 bits per heavy atom. The molecule has 6 heteroatoms. The Morgan fingerprint density at radius 2 is 1.93 bits per heavy atom. The Kier molecular flexibility index (Phi) is 6.58. The van der Waals surface area contributed by atoms with Crippen molar-refractivity contribution in [2.75, 3.05) is 4.90 Å². The van der Waals surface area contributed by atoms with Crippen LogP contribution in [0.4, 0.5) is 10.8 Å². The van der Waals surface area contributed by atoms with Gasteiger partial charge in [0.05, 0.1) is 16.4 Å². The molecular weight excluding hydrogens is 396 g/mol. The average molecular weight is 417 g/mol. The Balaban J connectivity index is 1.77. The molecule has 0 saturated carbocycles. The van der Waals surface area contributed by atoms with E-state index in [-0.39, 0.29) is 5.91 Å². The van der Waals surface area contributed by atoms with Crippen molar-refractivity contribution >= 4 is 51.4 Å². The summed E-state index contributed by atoms with van der Waals surface area (Å²) in [5, 5.41) is 3.24. The maximum Gasteiger partial charge on any atom is 0.230 e. The van der Waals surface area contributed by atoms with Crippen LogP contribution >= 0.6 is 34.7 Å². The first-order valence-corrected chi connectivity index (χ1v) is 11.0. The standard InChI is InChI=1S/C21H21ClN2OS2/c1-14-9-15(2)20(19(22)10-14)24(16(3)25)21-23-18(13-27-21)12-26-11-17-7-5-4-6-8-17/h4-10,13H,11-12H2,1-3H3. The van der Waals surface area contributed by atoms with E-state index in [1.54, 1.807) is 11.8 Å². The molecule has 0 atom stereocenters. The van der Waals surface area contributed by atoms with Gasteiger partial charge in [-0.3, -0.25) is 9.69 Å². The predicted octanol–water partition coefficient (Wildman–Crippen LogP) is 6.53. The van der Waals surface area contributed by atoms with Crippen LogP contribution in [0.25, 0.3) is 0 Å². The molecule has 0 spiro atoms. The maximum absolute atomic E-state index is 12.4. The highest BCUT2D eigenvalue weighted by Gasteiger charge is 2.22. The summed E-state index contributed by atoms with van der Waals surface area (Å²) in [4.78, 5) is 18.7. The van der Waals surface area contributed by atoms with Gasteiger partial charge in [0.1, 0.15) is 0 Å². The Labute approximate surface area is 173 Å². The minimum Gasteiger partial charge on any atom is -0.274 e. The van der Waals surface area contributed by atoms with Gasteiger partial charge >= 0.3 is 0 Å². The molecule has 27 heavy (non-hydrogen) atoms. The number of benzene rings is 2. The predicted molar refractivity (Wildman–Crippen MR) is 117 cm³/mol. The van der Waals surface area contributed by atoms with Gasteiger partial charge < -0.3 is 0 Å². The van der Waals surface area contributed by atoms with Gasteiger partial charge in [-0.2, -0.15) is 11.8 Å². The fourth-order valence-electron chi connectivity index (χ4n) is 2.89. The van der Waals surface area contributed by atoms with Crippen LogP contribution in [-0.2, 0) is 16.3 Å². The van der Waals surface area contributed by atoms with Gasteiger partial charge in [-0.25, -0.2) is 4.98 Å². The smallest absolute Gasteiger partial charge is 0.230 e. The molecule has 140 valence electrons. The number of thioether (sulfide) groups is 1. The van der Waals surface area contributed by atoms with Crippen LogP contribution in [0.5, 0.6) is 0 Å². The molecule has 0 bridgehead atoms. The van der Waals surface area contributed by atoms with Crippen LogP contribution in [0.15, 0.2) is 47.8 Å². The third-order valence-electron chi connectivity index (χ3n) is 4.03. The molecule has 1 amide bonds. The van der Waals surface area contributed by atoms with Crippen LogP contribution in [0.1, 0.15) is 29.3 Å². The third-order valence-corrected chi connectivity index (χ3v) is 6.23. The summed E-state index contributed by atoms with van der Waals surface area (Å²) < 4.78 is 0. The van der Waals surface area contributed by atoms with E-state index >= 15 is 0 Å². The highest BCUT2D eigenvalue weighted by Crippen LogP contribution is 2.37. The molecule has 3 aromatic rings. The van der Waals surface area contributed by atoms with Gasteiger partial charge in [0.15, 0.2) is 5.13 Å². The maximum atomic E-state index is 12.4. The van der Waals surface area contributed by atoms with E-state index in [4.69, 9.17) is 11.6 Å². The third kappa shape index (κ3) is 4.92. The highest BCUT2D eigenvalue weighted by molar-refractivity contribution is 7.97. The number of hydrogen-bond donors (Lipinski definition) is 0. The Hall–Kier alpha value is -1.82. The van der Waals surface area contributed by atoms with Crippen molar-refractivity contribution < 1.29 is 4.79 Å². The number of nitrogens with zero attached hydrogens (tertiary/aromatic N) is 2. The largest absolute Gasteiger partial charge is 0.274 e. The second kappa shape index (κ2) is 8.91. The summed E-state index contributed by atoms with van der Waals surface area (Å²) in [6.45, 7) is 5.50. The monoisotopic (exact) mass is 416 g/mol. The molecule has 0 aliphatic heterocycles. The van der Waals surface area contributed by atoms with Crippen LogP contribution in [0.2, 0.25) is 5.02 Å². The first-order chi connectivity index (χ1) is 13.0. The van der Waals surface area contributed by atoms with Crippen LogP contribution in [-0.4, -0.2) is 10.9 Å². The molecule has 1 heterocycles. The molecule has 3 nitrogen and oxygen atoms in total. The molecule has 0 N–H and O–H groups in total. The number of aryl methyl sites for hydroxylation is 2. The lowest BCUT2D eigenvalue weighted by atomic mass is 10.1. The molecular formula is C21H21ClN2OS2. The van der Waals surface area contributed by atoms with E-state index in [1.165, 1.54) is 16.9 Å². The van der Waals surface area contributed by atoms with Gasteiger partial charge in [0, 0.05) is 23.8 Å². The first kappa shape index (κ1) is 19.9. The van der Waals surface area contributed by atoms with Gasteiger partial charge in [0.25, 0.3) is 0 Å². The van der Waals surface area contributed by atoms with Crippen LogP contribution in [0.3, 0.4) is 0 Å². The summed E-state index contributed by atoms with van der Waals surface area (Å²) in [5.41, 5.74) is 5.02. The fraction of sp³-hybridized carbons (Fsp3) is 0.238. The number of carbonyl (C=O) groups excluding carboxylic acids is 1. The molecule has 0 aliphatic carbocycles. The number of thiazole rings is 1. The quantitative estimate of drug-likeness (QED) is 0.457. The average Bonchev–Trinajstić information content (AvgIpc) is 3.06. The number of hydrogen-bond acceptors (Lipinski definition) is 4. The topological polar surface area (TPSA) is 33.2 Å². The van der Waals surface area contributed by atoms with Crippen molar-refractivity contribution in [3.8, 4) is 0 Å². The van der Waals surface area contributed by atoms with E-state index < -0.39 is 0 Å². The number of amides is 1. The van der Waals surface area contributed by atoms with Crippen LogP contribution < -0.4 is 4.90 Å². The zero-order valence-electron chi connectivity index (χ0n) is 15.5. The minimum atomic E-state index is -0.0957. The summed E-state index contributed by atoms with van der Waals surface area (Å²) in [7, 11) is 0. The molecule has 0 saturated heterocycles. The molecule has 0 unspecified atom stereocenters. The van der Waals surface area contributed by atoms with Gasteiger partial charge in [0.2, 0.25) is 5.91 Å². The van der Waals surface area contributed by atoms with E-state index in [0.717, 1.165) is 28.3 Å². The molecule has 1 aromatic heterocycles. The van der Waals surface area contributed by atoms with Crippen molar-refractivity contribution in [3.63, 3.8) is 0 Å². The normalized spacial score (nSPS) is 10.8. The first-order valence-electron chi connectivity index (χ1n) is 8.59. The lowest BCUT2D eigenvalue weighted by molar-refractivity contribution is -0.115. The number of anilines is 2. The van der Waals surface area contributed by atoms with Crippen molar-refractivity contribution in [1.82, 2.24) is 4.98 Å². The zero-order chi connectivity index (χ0) is 19.4. The summed E-state index contributed by atoms with van der Waals surface area (Å²) in [5.74, 6) is 1.65. The summed E-state index contributed by atoms with van der Waals surface area (Å²) >= 11 is 9.74. The molecule has 0 fully saturated rings. The number of rotatable bonds is 6. The number of halogens is 1. The van der Waals surface area contributed by atoms with E-state index in [2.05, 4.69) is 29.2 Å². The molecule has 0 aliphatic rings. The van der Waals surface area contributed by atoms with Gasteiger partial charge in [-0.15, -0.1) is 11.3 Å². The van der Waals surface area contributed by atoms with Crippen LogP contribution in [0, 0.1) is 13.8 Å². The van der Waals surface area contributed by atoms with Crippen molar-refractivity contribution in [2.24, 2.45) is 0 Å². The highest BCUT2D eigenvalue weighted by atomic mass is 35.5. The SMILES string of the molecule is CC(=O)N(c1nc(CSCc2ccccc2)cs1)c1c(C)cc(C)cc1Cl. The Morgan fingerprint density at radius 3 is 2.59 bits per heavy atom. The van der Waals surface area contributed by atoms with E-state index in [9.17, 15) is 4.79 Å². The van der Waals surface area contributed by atoms with Gasteiger partial charge in [-0.1, -0.05) is 48.0 Å². The number of carbonyl (C=O) groups is 1. The lowest BCUT2D eigenvalue weighted by Crippen LogP contribution is -2.24. The second-order valence-electron chi connectivity index (χ2n) is 6.37. The number of aromatic nitrogens is 1. The minimum absolute atomic E-state index is 0.0957. The van der Waals surface area contributed by atoms with Crippen molar-refractivity contribution in [2.45, 2.75) is 32.3 Å². The Bertz CT molecular complexity index is 917. The fourth-order valence-corrected chi connectivity index (χ4v) is 5.16. The zero-order valence-corrected chi connectivity index (χ0v) is 17.9. The summed E-state index contributed by atoms with van der Waals surface area (Å²) in [6, 6.07) is 14.3. The van der Waals surface area contributed by atoms with E-state index in [1.807, 2.05) is 49.2 Å². The summed E-state index contributed by atoms with van der Waals surface area (Å²) in [6.07, 6.45) is 0. The molecule has 2 aromatic carbocycles. The van der Waals surface area contributed by atoms with Crippen molar-refractivity contribution in [3.05, 3.63) is 75.3 Å². The molecule has 3 rings (SSSR count). The second-order valence-corrected chi connectivity index (χ2v) is 8.60. The van der Waals surface area contributed by atoms with Crippen molar-refractivity contribution in [1.29, 1.82) is 0 Å². The van der Waals surface area contributed by atoms with E-state index in [0.29, 0.717) is 15.8 Å². The molecule has 0 radical (unpaired) electrons.